The van der Waals surface area contributed by atoms with E-state index < -0.39 is 200 Å². The Kier molecular flexibility index (Phi) is 12.2. The summed E-state index contributed by atoms with van der Waals surface area (Å²) in [7, 11) is 0. The number of phenolic OH excluding ortho intramolecular Hbond substituents is 11. The Morgan fingerprint density at radius 3 is 1.54 bits per heavy atom. The van der Waals surface area contributed by atoms with Gasteiger partial charge in [0, 0.05) is 11.5 Å². The Morgan fingerprint density at radius 2 is 1.04 bits per heavy atom. The summed E-state index contributed by atoms with van der Waals surface area (Å²) in [5, 5.41) is 133. The molecule has 3 unspecified atom stereocenters. The van der Waals surface area contributed by atoms with Gasteiger partial charge in [-0.3, -0.25) is 9.59 Å². The van der Waals surface area contributed by atoms with Crippen LogP contribution in [0.15, 0.2) is 42.5 Å². The second-order valence-corrected chi connectivity index (χ2v) is 14.9. The van der Waals surface area contributed by atoms with Crippen LogP contribution in [0.1, 0.15) is 59.3 Å². The molecule has 3 aliphatic rings. The number of rotatable bonds is 9. The molecule has 0 radical (unpaired) electrons. The van der Waals surface area contributed by atoms with Crippen LogP contribution in [-0.4, -0.2) is 152 Å². The van der Waals surface area contributed by atoms with E-state index in [1.165, 1.54) is 0 Å². The predicted molar refractivity (Wildman–Crippen MR) is 207 cm³/mol. The van der Waals surface area contributed by atoms with Crippen LogP contribution < -0.4 is 4.74 Å². The minimum Gasteiger partial charge on any atom is -0.504 e. The largest absolute Gasteiger partial charge is 0.504 e. The first-order chi connectivity index (χ1) is 32.0. The molecule has 68 heavy (non-hydrogen) atoms. The highest BCUT2D eigenvalue weighted by Crippen LogP contribution is 2.51. The maximum Gasteiger partial charge on any atom is 0.341 e. The number of carbonyl (C=O) groups is 7. The number of aliphatic hydroxyl groups excluding tert-OH is 1. The number of carboxylic acid groups (broad SMARTS) is 1. The van der Waals surface area contributed by atoms with Gasteiger partial charge < -0.3 is 99.5 Å². The van der Waals surface area contributed by atoms with Gasteiger partial charge in [-0.05, 0) is 42.5 Å². The van der Waals surface area contributed by atoms with E-state index >= 15 is 0 Å². The van der Waals surface area contributed by atoms with Crippen LogP contribution in [0.4, 0.5) is 0 Å². The lowest BCUT2D eigenvalue weighted by Crippen LogP contribution is -2.63. The normalized spacial score (nSPS) is 23.0. The second-order valence-electron chi connectivity index (χ2n) is 14.9. The van der Waals surface area contributed by atoms with Crippen LogP contribution in [0.3, 0.4) is 0 Å². The monoisotopic (exact) mass is 956 g/mol. The van der Waals surface area contributed by atoms with Gasteiger partial charge in [-0.1, -0.05) is 0 Å². The van der Waals surface area contributed by atoms with Crippen LogP contribution in [0.5, 0.6) is 69.0 Å². The van der Waals surface area contributed by atoms with Crippen LogP contribution in [-0.2, 0) is 42.8 Å². The number of aliphatic hydroxyl groups is 1. The van der Waals surface area contributed by atoms with Gasteiger partial charge in [-0.2, -0.15) is 0 Å². The molecule has 0 spiro atoms. The molecule has 0 saturated carbocycles. The summed E-state index contributed by atoms with van der Waals surface area (Å²) < 4.78 is 38.6. The fourth-order valence-electron chi connectivity index (χ4n) is 7.37. The second kappa shape index (κ2) is 17.7. The summed E-state index contributed by atoms with van der Waals surface area (Å²) in [6.45, 7) is -1.28. The first-order valence-corrected chi connectivity index (χ1v) is 19.1. The van der Waals surface area contributed by atoms with E-state index in [0.29, 0.717) is 42.5 Å². The smallest absolute Gasteiger partial charge is 0.341 e. The fourth-order valence-corrected chi connectivity index (χ4v) is 7.37. The third-order valence-electron chi connectivity index (χ3n) is 10.6. The molecule has 0 aromatic heterocycles. The third-order valence-corrected chi connectivity index (χ3v) is 10.6. The topological polar surface area (TPSA) is 447 Å². The van der Waals surface area contributed by atoms with E-state index in [-0.39, 0.29) is 0 Å². The number of benzene rings is 4. The van der Waals surface area contributed by atoms with Crippen molar-refractivity contribution in [3.05, 3.63) is 70.3 Å². The van der Waals surface area contributed by atoms with Gasteiger partial charge >= 0.3 is 41.8 Å². The first-order valence-electron chi connectivity index (χ1n) is 19.1. The van der Waals surface area contributed by atoms with E-state index in [2.05, 4.69) is 0 Å². The number of aliphatic carboxylic acids is 1. The van der Waals surface area contributed by atoms with E-state index in [9.17, 15) is 99.9 Å². The number of aromatic hydroxyl groups is 11. The van der Waals surface area contributed by atoms with Crippen molar-refractivity contribution >= 4 is 41.8 Å². The van der Waals surface area contributed by atoms with E-state index in [1.54, 1.807) is 0 Å². The Hall–Kier alpha value is -9.11. The fraction of sp³-hybridized carbons (Fsp3) is 0.244. The molecule has 358 valence electrons. The zero-order valence-corrected chi connectivity index (χ0v) is 33.6. The molecule has 0 amide bonds. The lowest BCUT2D eigenvalue weighted by molar-refractivity contribution is -0.287. The first kappa shape index (κ1) is 46.9. The lowest BCUT2D eigenvalue weighted by Gasteiger charge is -2.44. The van der Waals surface area contributed by atoms with E-state index in [4.69, 9.17) is 33.2 Å². The van der Waals surface area contributed by atoms with Gasteiger partial charge in [-0.25, -0.2) is 24.0 Å². The molecule has 4 aromatic rings. The summed E-state index contributed by atoms with van der Waals surface area (Å²) in [4.78, 5) is 95.4. The molecule has 4 aromatic carbocycles. The molecular weight excluding hydrogens is 924 g/mol. The molecule has 7 rings (SSSR count). The number of hydrogen-bond donors (Lipinski definition) is 13. The number of carboxylic acids is 1. The van der Waals surface area contributed by atoms with Gasteiger partial charge in [0.2, 0.25) is 18.1 Å². The van der Waals surface area contributed by atoms with Crippen LogP contribution in [0.25, 0.3) is 0 Å². The highest BCUT2D eigenvalue weighted by molar-refractivity contribution is 5.98. The van der Waals surface area contributed by atoms with Crippen molar-refractivity contribution in [3.63, 3.8) is 0 Å². The number of carbonyl (C=O) groups excluding carboxylic acids is 6. The summed E-state index contributed by atoms with van der Waals surface area (Å²) in [6.07, 6.45) is -16.3. The summed E-state index contributed by atoms with van der Waals surface area (Å²) in [6, 6.07) is 3.84. The number of phenols is 11. The average Bonchev–Trinajstić information content (AvgIpc) is 3.28. The predicted octanol–water partition coefficient (Wildman–Crippen LogP) is 0.0179. The van der Waals surface area contributed by atoms with Crippen molar-refractivity contribution in [2.75, 3.05) is 6.61 Å². The molecule has 3 aliphatic heterocycles. The van der Waals surface area contributed by atoms with Crippen molar-refractivity contribution in [2.24, 2.45) is 5.92 Å². The SMILES string of the molecule is O=C(O)CC1C(=O)O[C@H]2[C@H](OC(=O)c3cc(O)c(O)c(O)c3)[C@@H](OC(=O)c3cc(O)c(O)c4c3C1[C@H](O)C(=O)O4)C(OC(=O)c1cc(O)c(O)c(O)c1)O[C@@H]2COC(=O)c1cc(O)c(O)c(O)c1. The maximum absolute atomic E-state index is 14.5. The Labute approximate surface area is 375 Å². The minimum atomic E-state index is -2.57. The van der Waals surface area contributed by atoms with Crippen LogP contribution in [0, 0.1) is 5.92 Å². The zero-order valence-electron chi connectivity index (χ0n) is 33.6. The van der Waals surface area contributed by atoms with Gasteiger partial charge in [0.25, 0.3) is 0 Å². The number of hydrogen-bond acceptors (Lipinski definition) is 26. The van der Waals surface area contributed by atoms with Crippen LogP contribution >= 0.6 is 0 Å². The van der Waals surface area contributed by atoms with Crippen molar-refractivity contribution < 1.29 is 133 Å². The van der Waals surface area contributed by atoms with E-state index in [1.807, 2.05) is 0 Å². The van der Waals surface area contributed by atoms with Crippen LogP contribution in [0.2, 0.25) is 0 Å². The van der Waals surface area contributed by atoms with Crippen molar-refractivity contribution in [1.82, 2.24) is 0 Å². The van der Waals surface area contributed by atoms with Gasteiger partial charge in [-0.15, -0.1) is 0 Å². The standard InChI is InChI=1S/C41H32O27/c42-15-1-10(2-16(43)26(15)51)35(56)62-9-22-31-33(66-36(57)11-3-17(44)27(52)18(45)4-11)34(41(63-22)68-37(58)12-5-19(46)28(53)20(47)6-12)67-38(59)13-7-21(48)29(54)32-25(13)24(30(55)40(61)65-32)14(8-23(49)50)39(60)64-31/h1-7,14,22,24,30-31,33-34,41-48,51-55H,8-9H2,(H,49,50)/t14?,22-,24?,30+,31-,33+,34-,41?/m1/s1. The van der Waals surface area contributed by atoms with E-state index in [0.717, 1.165) is 0 Å². The quantitative estimate of drug-likeness (QED) is 0.0455. The number of fused-ring (bicyclic) bond motifs is 2. The molecule has 8 atom stereocenters. The number of esters is 6. The minimum absolute atomic E-state index is 0.449. The average molecular weight is 957 g/mol. The van der Waals surface area contributed by atoms with Gasteiger partial charge in [0.1, 0.15) is 12.7 Å². The summed E-state index contributed by atoms with van der Waals surface area (Å²) in [5.41, 5.74) is -4.15. The number of ether oxygens (including phenoxy) is 7. The highest BCUT2D eigenvalue weighted by atomic mass is 16.7. The highest BCUT2D eigenvalue weighted by Gasteiger charge is 2.57. The molecule has 0 aliphatic carbocycles. The Morgan fingerprint density at radius 1 is 0.574 bits per heavy atom. The summed E-state index contributed by atoms with van der Waals surface area (Å²) in [5.74, 6) is -29.8. The lowest BCUT2D eigenvalue weighted by atomic mass is 9.76. The Balaban J connectivity index is 1.44. The van der Waals surface area contributed by atoms with Crippen molar-refractivity contribution in [3.8, 4) is 69.0 Å². The van der Waals surface area contributed by atoms with Crippen molar-refractivity contribution in [2.45, 2.75) is 49.1 Å². The molecule has 1 fully saturated rings. The molecule has 3 heterocycles. The van der Waals surface area contributed by atoms with Gasteiger partial charge in [0.05, 0.1) is 34.6 Å². The Bertz CT molecular complexity index is 2750. The maximum atomic E-state index is 14.5. The molecule has 27 heteroatoms. The third kappa shape index (κ3) is 8.58. The molecule has 27 nitrogen and oxygen atoms in total. The summed E-state index contributed by atoms with van der Waals surface area (Å²) >= 11 is 0. The van der Waals surface area contributed by atoms with Gasteiger partial charge in [0.15, 0.2) is 81.6 Å². The molecule has 1 saturated heterocycles. The molecular formula is C41H32O27. The zero-order chi connectivity index (χ0) is 49.8. The molecule has 13 N–H and O–H groups in total. The van der Waals surface area contributed by atoms with Crippen molar-refractivity contribution in [1.29, 1.82) is 0 Å². The molecule has 2 bridgehead atoms.